The lowest BCUT2D eigenvalue weighted by Crippen LogP contribution is -2.41. The molecule has 2 fully saturated rings. The summed E-state index contributed by atoms with van der Waals surface area (Å²) < 4.78 is 5.98. The van der Waals surface area contributed by atoms with Gasteiger partial charge >= 0.3 is 0 Å². The highest BCUT2D eigenvalue weighted by atomic mass is 16.5. The average molecular weight is 407 g/mol. The molecule has 1 saturated carbocycles. The van der Waals surface area contributed by atoms with Crippen molar-refractivity contribution < 1.29 is 14.3 Å². The summed E-state index contributed by atoms with van der Waals surface area (Å²) >= 11 is 0. The van der Waals surface area contributed by atoms with Crippen LogP contribution >= 0.6 is 0 Å². The smallest absolute Gasteiger partial charge is 0.253 e. The van der Waals surface area contributed by atoms with Crippen LogP contribution in [0.25, 0.3) is 0 Å². The standard InChI is InChI=1S/C25H30N2O3/c1-17-12-18(2)14-21(13-17)25(29)27-11-3-4-19(15-27)16-30-23-9-5-20(6-10-23)24(28)26-22-7-8-22/h5-6,9-10,12-14,19,22H,3-4,7-8,11,15-16H2,1-2H3,(H,26,28)/t19-/m0/s1. The number of benzene rings is 2. The SMILES string of the molecule is Cc1cc(C)cc(C(=O)N2CCC[C@H](COc3ccc(C(=O)NC4CC4)cc3)C2)c1. The van der Waals surface area contributed by atoms with Crippen LogP contribution in [0, 0.1) is 19.8 Å². The van der Waals surface area contributed by atoms with Crippen molar-refractivity contribution in [1.29, 1.82) is 0 Å². The Morgan fingerprint density at radius 1 is 1.00 bits per heavy atom. The maximum atomic E-state index is 13.0. The lowest BCUT2D eigenvalue weighted by atomic mass is 9.97. The van der Waals surface area contributed by atoms with E-state index in [0.29, 0.717) is 30.7 Å². The van der Waals surface area contributed by atoms with Gasteiger partial charge in [0.15, 0.2) is 0 Å². The maximum Gasteiger partial charge on any atom is 0.253 e. The number of nitrogens with zero attached hydrogens (tertiary/aromatic N) is 1. The second-order valence-electron chi connectivity index (χ2n) is 8.72. The number of hydrogen-bond acceptors (Lipinski definition) is 3. The van der Waals surface area contributed by atoms with Gasteiger partial charge in [-0.05, 0) is 75.9 Å². The average Bonchev–Trinajstić information content (AvgIpc) is 3.55. The molecule has 158 valence electrons. The van der Waals surface area contributed by atoms with Crippen molar-refractivity contribution in [2.75, 3.05) is 19.7 Å². The van der Waals surface area contributed by atoms with E-state index >= 15 is 0 Å². The number of likely N-dealkylation sites (tertiary alicyclic amines) is 1. The van der Waals surface area contributed by atoms with E-state index in [1.807, 2.05) is 55.1 Å². The third-order valence-electron chi connectivity index (χ3n) is 5.79. The molecule has 5 heteroatoms. The summed E-state index contributed by atoms with van der Waals surface area (Å²) in [6.45, 7) is 6.14. The fraction of sp³-hybridized carbons (Fsp3) is 0.440. The van der Waals surface area contributed by atoms with Gasteiger partial charge in [0.2, 0.25) is 0 Å². The summed E-state index contributed by atoms with van der Waals surface area (Å²) in [7, 11) is 0. The molecule has 5 nitrogen and oxygen atoms in total. The number of ether oxygens (including phenoxy) is 1. The molecule has 1 aliphatic carbocycles. The zero-order valence-electron chi connectivity index (χ0n) is 17.8. The number of nitrogens with one attached hydrogen (secondary N) is 1. The highest BCUT2D eigenvalue weighted by Crippen LogP contribution is 2.22. The summed E-state index contributed by atoms with van der Waals surface area (Å²) in [5, 5.41) is 2.99. The zero-order chi connectivity index (χ0) is 21.1. The monoisotopic (exact) mass is 406 g/mol. The minimum atomic E-state index is -0.0168. The fourth-order valence-corrected chi connectivity index (χ4v) is 4.08. The number of carbonyl (C=O) groups is 2. The molecule has 2 aromatic rings. The number of rotatable bonds is 6. The van der Waals surface area contributed by atoms with Crippen LogP contribution in [-0.2, 0) is 0 Å². The molecule has 2 aliphatic rings. The summed E-state index contributed by atoms with van der Waals surface area (Å²) in [5.41, 5.74) is 3.67. The van der Waals surface area contributed by atoms with Crippen LogP contribution < -0.4 is 10.1 Å². The first kappa shape index (κ1) is 20.5. The maximum absolute atomic E-state index is 13.0. The molecule has 0 unspecified atom stereocenters. The van der Waals surface area contributed by atoms with Gasteiger partial charge in [-0.1, -0.05) is 17.2 Å². The first-order valence-electron chi connectivity index (χ1n) is 10.9. The second-order valence-corrected chi connectivity index (χ2v) is 8.72. The van der Waals surface area contributed by atoms with E-state index in [0.717, 1.165) is 54.7 Å². The van der Waals surface area contributed by atoms with Crippen LogP contribution in [-0.4, -0.2) is 42.5 Å². The largest absolute Gasteiger partial charge is 0.493 e. The van der Waals surface area contributed by atoms with Crippen LogP contribution in [0.3, 0.4) is 0 Å². The van der Waals surface area contributed by atoms with E-state index in [1.165, 1.54) is 0 Å². The fourth-order valence-electron chi connectivity index (χ4n) is 4.08. The molecule has 1 saturated heterocycles. The van der Waals surface area contributed by atoms with Gasteiger partial charge in [0.05, 0.1) is 6.61 Å². The molecule has 1 atom stereocenters. The molecule has 1 aliphatic heterocycles. The van der Waals surface area contributed by atoms with E-state index in [2.05, 4.69) is 11.4 Å². The Morgan fingerprint density at radius 2 is 1.70 bits per heavy atom. The zero-order valence-corrected chi connectivity index (χ0v) is 17.8. The number of amides is 2. The first-order chi connectivity index (χ1) is 14.5. The number of piperidine rings is 1. The van der Waals surface area contributed by atoms with Gasteiger partial charge in [-0.3, -0.25) is 9.59 Å². The van der Waals surface area contributed by atoms with E-state index < -0.39 is 0 Å². The van der Waals surface area contributed by atoms with E-state index in [4.69, 9.17) is 4.74 Å². The molecule has 0 radical (unpaired) electrons. The van der Waals surface area contributed by atoms with Gasteiger partial charge in [-0.15, -0.1) is 0 Å². The second kappa shape index (κ2) is 8.90. The lowest BCUT2D eigenvalue weighted by Gasteiger charge is -2.33. The molecule has 2 aromatic carbocycles. The van der Waals surface area contributed by atoms with Crippen molar-refractivity contribution in [2.45, 2.75) is 45.6 Å². The highest BCUT2D eigenvalue weighted by Gasteiger charge is 2.26. The minimum absolute atomic E-state index is 0.0168. The van der Waals surface area contributed by atoms with Crippen molar-refractivity contribution in [3.05, 3.63) is 64.7 Å². The Kier molecular flexibility index (Phi) is 6.07. The van der Waals surface area contributed by atoms with Crippen LogP contribution in [0.4, 0.5) is 0 Å². The molecular formula is C25H30N2O3. The minimum Gasteiger partial charge on any atom is -0.493 e. The van der Waals surface area contributed by atoms with Crippen LogP contribution in [0.5, 0.6) is 5.75 Å². The van der Waals surface area contributed by atoms with E-state index in [-0.39, 0.29) is 11.8 Å². The lowest BCUT2D eigenvalue weighted by molar-refractivity contribution is 0.0633. The van der Waals surface area contributed by atoms with Gasteiger partial charge in [-0.25, -0.2) is 0 Å². The molecule has 2 amide bonds. The summed E-state index contributed by atoms with van der Waals surface area (Å²) in [6, 6.07) is 13.7. The molecule has 1 N–H and O–H groups in total. The third-order valence-corrected chi connectivity index (χ3v) is 5.79. The Hall–Kier alpha value is -2.82. The van der Waals surface area contributed by atoms with Crippen LogP contribution in [0.15, 0.2) is 42.5 Å². The molecule has 30 heavy (non-hydrogen) atoms. The van der Waals surface area contributed by atoms with Crippen molar-refractivity contribution in [1.82, 2.24) is 10.2 Å². The molecule has 4 rings (SSSR count). The van der Waals surface area contributed by atoms with Gasteiger partial charge in [0, 0.05) is 36.2 Å². The summed E-state index contributed by atoms with van der Waals surface area (Å²) in [6.07, 6.45) is 4.21. The molecular weight excluding hydrogens is 376 g/mol. The Labute approximate surface area is 178 Å². The quantitative estimate of drug-likeness (QED) is 0.785. The molecule has 0 bridgehead atoms. The Balaban J connectivity index is 1.30. The van der Waals surface area contributed by atoms with E-state index in [9.17, 15) is 9.59 Å². The summed E-state index contributed by atoms with van der Waals surface area (Å²) in [4.78, 5) is 27.0. The molecule has 0 spiro atoms. The first-order valence-corrected chi connectivity index (χ1v) is 10.9. The normalized spacial score (nSPS) is 18.7. The van der Waals surface area contributed by atoms with Crippen LogP contribution in [0.1, 0.15) is 57.5 Å². The highest BCUT2D eigenvalue weighted by molar-refractivity contribution is 5.95. The predicted molar refractivity (Wildman–Crippen MR) is 117 cm³/mol. The van der Waals surface area contributed by atoms with Crippen LogP contribution in [0.2, 0.25) is 0 Å². The Bertz CT molecular complexity index is 898. The van der Waals surface area contributed by atoms with Gasteiger partial charge in [-0.2, -0.15) is 0 Å². The van der Waals surface area contributed by atoms with Crippen molar-refractivity contribution in [3.8, 4) is 5.75 Å². The molecule has 0 aromatic heterocycles. The van der Waals surface area contributed by atoms with Crippen molar-refractivity contribution in [2.24, 2.45) is 5.92 Å². The van der Waals surface area contributed by atoms with Gasteiger partial charge in [0.1, 0.15) is 5.75 Å². The third kappa shape index (κ3) is 5.21. The summed E-state index contributed by atoms with van der Waals surface area (Å²) in [5.74, 6) is 1.16. The van der Waals surface area contributed by atoms with Crippen molar-refractivity contribution >= 4 is 11.8 Å². The van der Waals surface area contributed by atoms with E-state index in [1.54, 1.807) is 0 Å². The molecule has 1 heterocycles. The number of aryl methyl sites for hydroxylation is 2. The van der Waals surface area contributed by atoms with Crippen molar-refractivity contribution in [3.63, 3.8) is 0 Å². The number of carbonyl (C=O) groups excluding carboxylic acids is 2. The Morgan fingerprint density at radius 3 is 2.37 bits per heavy atom. The predicted octanol–water partition coefficient (Wildman–Crippen LogP) is 4.13. The topological polar surface area (TPSA) is 58.6 Å². The number of hydrogen-bond donors (Lipinski definition) is 1. The van der Waals surface area contributed by atoms with Gasteiger partial charge in [0.25, 0.3) is 11.8 Å². The van der Waals surface area contributed by atoms with Gasteiger partial charge < -0.3 is 15.0 Å².